The Balaban J connectivity index is 2.09. The smallest absolute Gasteiger partial charge is 0.191 e. The zero-order chi connectivity index (χ0) is 19.2. The standard InChI is InChI=1S/C19H28FN5O/c1-6-21-18(24-13-19(3,4)26-5)23-12-15-7-8-17(16(20)11-15)25-10-9-22-14(25)2/h7-11H,6,12-13H2,1-5H3,(H2,21,23,24). The van der Waals surface area contributed by atoms with Crippen molar-refractivity contribution < 1.29 is 9.13 Å². The van der Waals surface area contributed by atoms with Crippen LogP contribution in [-0.2, 0) is 11.3 Å². The fraction of sp³-hybridized carbons (Fsp3) is 0.474. The molecule has 1 heterocycles. The number of aryl methyl sites for hydroxylation is 1. The molecule has 142 valence electrons. The highest BCUT2D eigenvalue weighted by atomic mass is 19.1. The third-order valence-corrected chi connectivity index (χ3v) is 4.10. The van der Waals surface area contributed by atoms with Crippen molar-refractivity contribution in [2.75, 3.05) is 20.2 Å². The van der Waals surface area contributed by atoms with Crippen LogP contribution in [0.4, 0.5) is 4.39 Å². The van der Waals surface area contributed by atoms with Gasteiger partial charge in [-0.15, -0.1) is 0 Å². The van der Waals surface area contributed by atoms with Crippen LogP contribution in [0.2, 0.25) is 0 Å². The summed E-state index contributed by atoms with van der Waals surface area (Å²) in [6.45, 7) is 9.57. The van der Waals surface area contributed by atoms with Crippen LogP contribution in [0.15, 0.2) is 35.6 Å². The van der Waals surface area contributed by atoms with E-state index < -0.39 is 0 Å². The van der Waals surface area contributed by atoms with E-state index in [2.05, 4.69) is 20.6 Å². The second-order valence-electron chi connectivity index (χ2n) is 6.64. The number of hydrogen-bond donors (Lipinski definition) is 2. The van der Waals surface area contributed by atoms with Crippen LogP contribution in [0.5, 0.6) is 0 Å². The number of benzene rings is 1. The molecule has 0 bridgehead atoms. The van der Waals surface area contributed by atoms with Crippen LogP contribution in [-0.4, -0.2) is 41.3 Å². The van der Waals surface area contributed by atoms with Gasteiger partial charge in [-0.25, -0.2) is 14.4 Å². The number of aliphatic imine (C=N–C) groups is 1. The van der Waals surface area contributed by atoms with E-state index in [1.165, 1.54) is 6.07 Å². The fourth-order valence-electron chi connectivity index (χ4n) is 2.36. The van der Waals surface area contributed by atoms with E-state index in [1.807, 2.05) is 33.8 Å². The maximum atomic E-state index is 14.5. The van der Waals surface area contributed by atoms with Crippen LogP contribution < -0.4 is 10.6 Å². The van der Waals surface area contributed by atoms with Gasteiger partial charge in [0.15, 0.2) is 5.96 Å². The normalized spacial score (nSPS) is 12.3. The van der Waals surface area contributed by atoms with Gasteiger partial charge in [0.05, 0.1) is 17.8 Å². The van der Waals surface area contributed by atoms with Crippen LogP contribution in [0.3, 0.4) is 0 Å². The number of rotatable bonds is 7. The summed E-state index contributed by atoms with van der Waals surface area (Å²) in [5.74, 6) is 1.12. The molecule has 0 spiro atoms. The van der Waals surface area contributed by atoms with Crippen molar-refractivity contribution in [3.63, 3.8) is 0 Å². The van der Waals surface area contributed by atoms with E-state index in [1.54, 1.807) is 30.1 Å². The van der Waals surface area contributed by atoms with Crippen molar-refractivity contribution in [2.45, 2.75) is 39.8 Å². The van der Waals surface area contributed by atoms with E-state index in [4.69, 9.17) is 4.74 Å². The lowest BCUT2D eigenvalue weighted by atomic mass is 10.1. The second kappa shape index (κ2) is 8.80. The van der Waals surface area contributed by atoms with Gasteiger partial charge in [-0.2, -0.15) is 0 Å². The molecule has 7 heteroatoms. The second-order valence-corrected chi connectivity index (χ2v) is 6.64. The molecular weight excluding hydrogens is 333 g/mol. The summed E-state index contributed by atoms with van der Waals surface area (Å²) in [5, 5.41) is 6.43. The van der Waals surface area contributed by atoms with Crippen molar-refractivity contribution in [3.8, 4) is 5.69 Å². The van der Waals surface area contributed by atoms with Gasteiger partial charge >= 0.3 is 0 Å². The lowest BCUT2D eigenvalue weighted by Crippen LogP contribution is -2.45. The van der Waals surface area contributed by atoms with E-state index in [9.17, 15) is 4.39 Å². The van der Waals surface area contributed by atoms with E-state index in [0.29, 0.717) is 24.7 Å². The third-order valence-electron chi connectivity index (χ3n) is 4.10. The lowest BCUT2D eigenvalue weighted by Gasteiger charge is -2.24. The van der Waals surface area contributed by atoms with Crippen LogP contribution in [0.1, 0.15) is 32.2 Å². The number of imidazole rings is 1. The Morgan fingerprint density at radius 1 is 1.35 bits per heavy atom. The largest absolute Gasteiger partial charge is 0.377 e. The predicted octanol–water partition coefficient (Wildman–Crippen LogP) is 2.80. The van der Waals surface area contributed by atoms with Crippen molar-refractivity contribution in [1.29, 1.82) is 0 Å². The first kappa shape index (κ1) is 19.9. The number of nitrogens with zero attached hydrogens (tertiary/aromatic N) is 3. The number of halogens is 1. The Morgan fingerprint density at radius 2 is 2.12 bits per heavy atom. The fourth-order valence-corrected chi connectivity index (χ4v) is 2.36. The predicted molar refractivity (Wildman–Crippen MR) is 102 cm³/mol. The third kappa shape index (κ3) is 5.29. The zero-order valence-electron chi connectivity index (χ0n) is 16.1. The molecule has 0 radical (unpaired) electrons. The van der Waals surface area contributed by atoms with Crippen molar-refractivity contribution in [3.05, 3.63) is 47.8 Å². The molecule has 2 rings (SSSR count). The lowest BCUT2D eigenvalue weighted by molar-refractivity contribution is 0.0268. The maximum Gasteiger partial charge on any atom is 0.191 e. The monoisotopic (exact) mass is 361 g/mol. The highest BCUT2D eigenvalue weighted by Gasteiger charge is 2.16. The molecule has 0 aliphatic carbocycles. The minimum atomic E-state index is -0.299. The Kier molecular flexibility index (Phi) is 6.74. The number of methoxy groups -OCH3 is 1. The molecule has 0 saturated heterocycles. The van der Waals surface area contributed by atoms with Gasteiger partial charge in [-0.1, -0.05) is 6.07 Å². The molecule has 0 fully saturated rings. The highest BCUT2D eigenvalue weighted by molar-refractivity contribution is 5.79. The number of nitrogens with one attached hydrogen (secondary N) is 2. The summed E-state index contributed by atoms with van der Waals surface area (Å²) in [6.07, 6.45) is 3.40. The molecule has 0 atom stereocenters. The van der Waals surface area contributed by atoms with Crippen molar-refractivity contribution in [2.24, 2.45) is 4.99 Å². The minimum Gasteiger partial charge on any atom is -0.377 e. The Morgan fingerprint density at radius 3 is 2.69 bits per heavy atom. The Labute approximate surface area is 154 Å². The molecule has 0 aliphatic heterocycles. The van der Waals surface area contributed by atoms with Crippen LogP contribution in [0.25, 0.3) is 5.69 Å². The van der Waals surface area contributed by atoms with Gasteiger partial charge in [0.25, 0.3) is 0 Å². The number of aromatic nitrogens is 2. The molecule has 0 saturated carbocycles. The van der Waals surface area contributed by atoms with Crippen molar-refractivity contribution >= 4 is 5.96 Å². The first-order valence-electron chi connectivity index (χ1n) is 8.72. The van der Waals surface area contributed by atoms with Gasteiger partial charge < -0.3 is 19.9 Å². The van der Waals surface area contributed by atoms with E-state index >= 15 is 0 Å². The molecule has 0 amide bonds. The SMILES string of the molecule is CCNC(=NCc1ccc(-n2ccnc2C)c(F)c1)NCC(C)(C)OC. The Hall–Kier alpha value is -2.41. The Bertz CT molecular complexity index is 754. The van der Waals surface area contributed by atoms with E-state index in [0.717, 1.165) is 17.9 Å². The van der Waals surface area contributed by atoms with E-state index in [-0.39, 0.29) is 11.4 Å². The topological polar surface area (TPSA) is 63.5 Å². The number of ether oxygens (including phenoxy) is 1. The molecule has 26 heavy (non-hydrogen) atoms. The first-order valence-corrected chi connectivity index (χ1v) is 8.72. The minimum absolute atomic E-state index is 0.294. The number of hydrogen-bond acceptors (Lipinski definition) is 3. The molecule has 1 aromatic carbocycles. The van der Waals surface area contributed by atoms with Crippen molar-refractivity contribution in [1.82, 2.24) is 20.2 Å². The molecule has 6 nitrogen and oxygen atoms in total. The molecule has 2 aromatic rings. The van der Waals surface area contributed by atoms with Crippen LogP contribution >= 0.6 is 0 Å². The van der Waals surface area contributed by atoms with Gasteiger partial charge in [0.2, 0.25) is 0 Å². The van der Waals surface area contributed by atoms with Gasteiger partial charge in [-0.05, 0) is 45.4 Å². The summed E-state index contributed by atoms with van der Waals surface area (Å²) in [4.78, 5) is 8.66. The average Bonchev–Trinajstić information content (AvgIpc) is 3.03. The molecule has 1 aromatic heterocycles. The summed E-state index contributed by atoms with van der Waals surface area (Å²) in [5.41, 5.74) is 0.985. The van der Waals surface area contributed by atoms with Crippen LogP contribution in [0, 0.1) is 12.7 Å². The maximum absolute atomic E-state index is 14.5. The summed E-state index contributed by atoms with van der Waals surface area (Å²) in [7, 11) is 1.68. The van der Waals surface area contributed by atoms with Gasteiger partial charge in [0, 0.05) is 32.6 Å². The highest BCUT2D eigenvalue weighted by Crippen LogP contribution is 2.17. The van der Waals surface area contributed by atoms with Gasteiger partial charge in [0.1, 0.15) is 11.6 Å². The zero-order valence-corrected chi connectivity index (χ0v) is 16.1. The van der Waals surface area contributed by atoms with Gasteiger partial charge in [-0.3, -0.25) is 0 Å². The average molecular weight is 361 g/mol. The summed E-state index contributed by atoms with van der Waals surface area (Å²) in [6, 6.07) is 5.15. The first-order chi connectivity index (χ1) is 12.4. The molecule has 2 N–H and O–H groups in total. The summed E-state index contributed by atoms with van der Waals surface area (Å²) >= 11 is 0. The quantitative estimate of drug-likeness (QED) is 0.588. The summed E-state index contributed by atoms with van der Waals surface area (Å²) < 4.78 is 21.6. The molecular formula is C19H28FN5O. The molecule has 0 aliphatic rings. The number of guanidine groups is 1. The molecule has 0 unspecified atom stereocenters.